The zero-order chi connectivity index (χ0) is 22.9. The number of imide groups is 2. The van der Waals surface area contributed by atoms with E-state index in [1.165, 1.54) is 24.3 Å². The maximum atomic E-state index is 13.6. The highest BCUT2D eigenvalue weighted by atomic mass is 19.1. The SMILES string of the molecule is C=C(CCN1C(=O)CC(=O)N(CCC2(c3cccc(F)c3)CC2)C1=O)c1cccc(F)c1. The van der Waals surface area contributed by atoms with Gasteiger partial charge in [0.15, 0.2) is 0 Å². The molecule has 166 valence electrons. The Morgan fingerprint density at radius 1 is 0.906 bits per heavy atom. The first-order valence-electron chi connectivity index (χ1n) is 10.6. The van der Waals surface area contributed by atoms with Gasteiger partial charge in [-0.15, -0.1) is 0 Å². The number of barbiturate groups is 1. The molecule has 2 fully saturated rings. The molecule has 2 aromatic rings. The summed E-state index contributed by atoms with van der Waals surface area (Å²) in [6.45, 7) is 4.16. The van der Waals surface area contributed by atoms with Crippen molar-refractivity contribution < 1.29 is 23.2 Å². The Kier molecular flexibility index (Phi) is 5.91. The summed E-state index contributed by atoms with van der Waals surface area (Å²) in [5.74, 6) is -1.77. The van der Waals surface area contributed by atoms with E-state index in [2.05, 4.69) is 6.58 Å². The van der Waals surface area contributed by atoms with Gasteiger partial charge in [0.25, 0.3) is 0 Å². The third kappa shape index (κ3) is 4.47. The number of hydrogen-bond acceptors (Lipinski definition) is 3. The number of nitrogens with zero attached hydrogens (tertiary/aromatic N) is 2. The highest BCUT2D eigenvalue weighted by Crippen LogP contribution is 2.51. The van der Waals surface area contributed by atoms with Crippen molar-refractivity contribution in [3.63, 3.8) is 0 Å². The fourth-order valence-electron chi connectivity index (χ4n) is 4.20. The van der Waals surface area contributed by atoms with Crippen LogP contribution in [-0.2, 0) is 15.0 Å². The van der Waals surface area contributed by atoms with Gasteiger partial charge in [-0.1, -0.05) is 30.8 Å². The van der Waals surface area contributed by atoms with E-state index in [4.69, 9.17) is 0 Å². The standard InChI is InChI=1S/C25H24F2N2O3/c1-17(18-4-2-6-20(26)14-18)8-12-28-22(30)16-23(31)29(24(28)32)13-11-25(9-10-25)19-5-3-7-21(27)15-19/h2-7,14-15H,1,8-13,16H2. The maximum Gasteiger partial charge on any atom is 0.333 e. The molecule has 0 radical (unpaired) electrons. The van der Waals surface area contributed by atoms with Gasteiger partial charge in [0.2, 0.25) is 11.8 Å². The van der Waals surface area contributed by atoms with Crippen LogP contribution >= 0.6 is 0 Å². The smallest absolute Gasteiger partial charge is 0.274 e. The molecule has 4 amide bonds. The minimum absolute atomic E-state index is 0.0613. The Labute approximate surface area is 185 Å². The number of benzene rings is 2. The number of carbonyl (C=O) groups is 3. The zero-order valence-electron chi connectivity index (χ0n) is 17.7. The molecule has 0 unspecified atom stereocenters. The number of hydrogen-bond donors (Lipinski definition) is 0. The lowest BCUT2D eigenvalue weighted by Crippen LogP contribution is -2.55. The summed E-state index contributed by atoms with van der Waals surface area (Å²) >= 11 is 0. The summed E-state index contributed by atoms with van der Waals surface area (Å²) in [6, 6.07) is 11.7. The van der Waals surface area contributed by atoms with E-state index in [-0.39, 0.29) is 37.2 Å². The molecule has 0 aromatic heterocycles. The molecular weight excluding hydrogens is 414 g/mol. The lowest BCUT2D eigenvalue weighted by molar-refractivity contribution is -0.142. The van der Waals surface area contributed by atoms with Gasteiger partial charge in [0.05, 0.1) is 0 Å². The Morgan fingerprint density at radius 3 is 2.16 bits per heavy atom. The first-order chi connectivity index (χ1) is 15.3. The fourth-order valence-corrected chi connectivity index (χ4v) is 4.20. The second-order valence-corrected chi connectivity index (χ2v) is 8.45. The normalized spacial score (nSPS) is 17.6. The van der Waals surface area contributed by atoms with Crippen LogP contribution in [-0.4, -0.2) is 40.7 Å². The predicted molar refractivity (Wildman–Crippen MR) is 115 cm³/mol. The van der Waals surface area contributed by atoms with Crippen LogP contribution in [0.2, 0.25) is 0 Å². The van der Waals surface area contributed by atoms with Crippen LogP contribution in [0.4, 0.5) is 13.6 Å². The molecule has 2 aliphatic rings. The van der Waals surface area contributed by atoms with E-state index in [1.54, 1.807) is 18.2 Å². The molecular formula is C25H24F2N2O3. The van der Waals surface area contributed by atoms with Crippen LogP contribution in [0.3, 0.4) is 0 Å². The quantitative estimate of drug-likeness (QED) is 0.563. The van der Waals surface area contributed by atoms with Crippen molar-refractivity contribution in [2.75, 3.05) is 13.1 Å². The van der Waals surface area contributed by atoms with Gasteiger partial charge in [0, 0.05) is 13.1 Å². The Bertz CT molecular complexity index is 1090. The monoisotopic (exact) mass is 438 g/mol. The van der Waals surface area contributed by atoms with Crippen molar-refractivity contribution in [1.29, 1.82) is 0 Å². The first kappa shape index (κ1) is 21.9. The van der Waals surface area contributed by atoms with Gasteiger partial charge in [-0.3, -0.25) is 19.4 Å². The first-order valence-corrected chi connectivity index (χ1v) is 10.6. The average Bonchev–Trinajstić information content (AvgIpc) is 3.54. The molecule has 1 heterocycles. The second-order valence-electron chi connectivity index (χ2n) is 8.45. The lowest BCUT2D eigenvalue weighted by atomic mass is 9.92. The third-order valence-corrected chi connectivity index (χ3v) is 6.34. The van der Waals surface area contributed by atoms with Crippen molar-refractivity contribution in [3.8, 4) is 0 Å². The molecule has 4 rings (SSSR count). The maximum absolute atomic E-state index is 13.6. The van der Waals surface area contributed by atoms with Gasteiger partial charge in [-0.2, -0.15) is 0 Å². The molecule has 2 aromatic carbocycles. The molecule has 1 saturated heterocycles. The van der Waals surface area contributed by atoms with Crippen molar-refractivity contribution >= 4 is 23.4 Å². The third-order valence-electron chi connectivity index (χ3n) is 6.34. The Balaban J connectivity index is 1.40. The zero-order valence-corrected chi connectivity index (χ0v) is 17.7. The van der Waals surface area contributed by atoms with Crippen LogP contribution in [0.1, 0.15) is 43.2 Å². The lowest BCUT2D eigenvalue weighted by Gasteiger charge is -2.33. The number of carbonyl (C=O) groups excluding carboxylic acids is 3. The van der Waals surface area contributed by atoms with Crippen LogP contribution < -0.4 is 0 Å². The van der Waals surface area contributed by atoms with Gasteiger partial charge in [0.1, 0.15) is 18.1 Å². The van der Waals surface area contributed by atoms with Gasteiger partial charge < -0.3 is 0 Å². The van der Waals surface area contributed by atoms with Crippen LogP contribution in [0.5, 0.6) is 0 Å². The molecule has 0 spiro atoms. The molecule has 1 aliphatic carbocycles. The topological polar surface area (TPSA) is 57.7 Å². The van der Waals surface area contributed by atoms with E-state index >= 15 is 0 Å². The van der Waals surface area contributed by atoms with Crippen molar-refractivity contribution in [2.24, 2.45) is 0 Å². The van der Waals surface area contributed by atoms with E-state index in [9.17, 15) is 23.2 Å². The molecule has 1 aliphatic heterocycles. The fraction of sp³-hybridized carbons (Fsp3) is 0.320. The minimum atomic E-state index is -0.645. The molecule has 7 heteroatoms. The minimum Gasteiger partial charge on any atom is -0.274 e. The highest BCUT2D eigenvalue weighted by molar-refractivity contribution is 6.14. The van der Waals surface area contributed by atoms with Crippen molar-refractivity contribution in [2.45, 2.75) is 37.5 Å². The molecule has 0 N–H and O–H groups in total. The van der Waals surface area contributed by atoms with E-state index in [1.807, 2.05) is 6.07 Å². The summed E-state index contributed by atoms with van der Waals surface area (Å²) in [5.41, 5.74) is 1.83. The van der Waals surface area contributed by atoms with Gasteiger partial charge >= 0.3 is 6.03 Å². The Morgan fingerprint density at radius 2 is 1.53 bits per heavy atom. The average molecular weight is 438 g/mol. The summed E-state index contributed by atoms with van der Waals surface area (Å²) in [4.78, 5) is 39.9. The van der Waals surface area contributed by atoms with E-state index in [0.717, 1.165) is 28.2 Å². The predicted octanol–water partition coefficient (Wildman–Crippen LogP) is 4.67. The largest absolute Gasteiger partial charge is 0.333 e. The van der Waals surface area contributed by atoms with Crippen LogP contribution in [0.25, 0.3) is 5.57 Å². The van der Waals surface area contributed by atoms with Crippen LogP contribution in [0, 0.1) is 11.6 Å². The van der Waals surface area contributed by atoms with Crippen LogP contribution in [0.15, 0.2) is 55.1 Å². The van der Waals surface area contributed by atoms with Crippen molar-refractivity contribution in [3.05, 3.63) is 77.9 Å². The number of urea groups is 1. The summed E-state index contributed by atoms with van der Waals surface area (Å²) in [5, 5.41) is 0. The summed E-state index contributed by atoms with van der Waals surface area (Å²) < 4.78 is 27.1. The summed E-state index contributed by atoms with van der Waals surface area (Å²) in [7, 11) is 0. The summed E-state index contributed by atoms with van der Waals surface area (Å²) in [6.07, 6.45) is 2.15. The molecule has 0 bridgehead atoms. The molecule has 5 nitrogen and oxygen atoms in total. The molecule has 1 saturated carbocycles. The highest BCUT2D eigenvalue weighted by Gasteiger charge is 2.46. The van der Waals surface area contributed by atoms with Gasteiger partial charge in [-0.25, -0.2) is 13.6 Å². The number of halogens is 2. The van der Waals surface area contributed by atoms with E-state index in [0.29, 0.717) is 17.6 Å². The second kappa shape index (κ2) is 8.65. The van der Waals surface area contributed by atoms with Gasteiger partial charge in [-0.05, 0) is 72.1 Å². The van der Waals surface area contributed by atoms with E-state index < -0.39 is 23.7 Å². The number of rotatable bonds is 8. The Hall–Kier alpha value is -3.35. The number of amides is 4. The molecule has 32 heavy (non-hydrogen) atoms. The van der Waals surface area contributed by atoms with Crippen molar-refractivity contribution in [1.82, 2.24) is 9.80 Å². The molecule has 0 atom stereocenters.